The van der Waals surface area contributed by atoms with Crippen molar-refractivity contribution in [1.82, 2.24) is 14.7 Å². The predicted octanol–water partition coefficient (Wildman–Crippen LogP) is 0.452. The molecule has 0 saturated heterocycles. The van der Waals surface area contributed by atoms with Gasteiger partial charge in [0.1, 0.15) is 6.33 Å². The molecular weight excluding hydrogens is 196 g/mol. The number of rotatable bonds is 2. The SMILES string of the molecule is NC(=O)On1cnc(-c2cccnc2)c1. The Morgan fingerprint density at radius 3 is 3.07 bits per heavy atom. The van der Waals surface area contributed by atoms with E-state index in [1.807, 2.05) is 6.07 Å². The van der Waals surface area contributed by atoms with Crippen LogP contribution in [0.4, 0.5) is 4.79 Å². The van der Waals surface area contributed by atoms with Crippen molar-refractivity contribution < 1.29 is 9.63 Å². The summed E-state index contributed by atoms with van der Waals surface area (Å²) in [5.41, 5.74) is 6.34. The van der Waals surface area contributed by atoms with Gasteiger partial charge in [-0.25, -0.2) is 9.78 Å². The lowest BCUT2D eigenvalue weighted by Gasteiger charge is -1.97. The van der Waals surface area contributed by atoms with Crippen LogP contribution in [0.15, 0.2) is 37.1 Å². The van der Waals surface area contributed by atoms with Gasteiger partial charge < -0.3 is 10.6 Å². The molecule has 0 aliphatic heterocycles. The highest BCUT2D eigenvalue weighted by Crippen LogP contribution is 2.13. The molecule has 0 aromatic carbocycles. The van der Waals surface area contributed by atoms with Crippen LogP contribution in [0.2, 0.25) is 0 Å². The highest BCUT2D eigenvalue weighted by atomic mass is 16.7. The zero-order valence-corrected chi connectivity index (χ0v) is 7.70. The molecule has 0 fully saturated rings. The summed E-state index contributed by atoms with van der Waals surface area (Å²) < 4.78 is 1.14. The molecule has 76 valence electrons. The first-order chi connectivity index (χ1) is 7.25. The van der Waals surface area contributed by atoms with E-state index in [2.05, 4.69) is 14.8 Å². The van der Waals surface area contributed by atoms with Crippen LogP contribution in [0.3, 0.4) is 0 Å². The van der Waals surface area contributed by atoms with Gasteiger partial charge in [0.15, 0.2) is 0 Å². The Kier molecular flexibility index (Phi) is 2.32. The fourth-order valence-electron chi connectivity index (χ4n) is 1.12. The van der Waals surface area contributed by atoms with E-state index in [0.717, 1.165) is 10.3 Å². The van der Waals surface area contributed by atoms with E-state index >= 15 is 0 Å². The number of primary amides is 1. The number of hydrogen-bond donors (Lipinski definition) is 1. The minimum atomic E-state index is -0.884. The molecule has 2 aromatic rings. The Labute approximate surface area is 85.3 Å². The summed E-state index contributed by atoms with van der Waals surface area (Å²) in [6, 6.07) is 3.65. The van der Waals surface area contributed by atoms with Crippen LogP contribution < -0.4 is 10.6 Å². The normalized spacial score (nSPS) is 9.87. The van der Waals surface area contributed by atoms with Gasteiger partial charge in [-0.3, -0.25) is 4.98 Å². The van der Waals surface area contributed by atoms with E-state index in [1.165, 1.54) is 6.33 Å². The smallest absolute Gasteiger partial charge is 0.333 e. The first-order valence-electron chi connectivity index (χ1n) is 4.18. The Balaban J connectivity index is 2.24. The average Bonchev–Trinajstić information content (AvgIpc) is 2.67. The second-order valence-corrected chi connectivity index (χ2v) is 2.77. The van der Waals surface area contributed by atoms with E-state index in [0.29, 0.717) is 5.69 Å². The van der Waals surface area contributed by atoms with E-state index in [1.54, 1.807) is 24.7 Å². The molecule has 15 heavy (non-hydrogen) atoms. The first-order valence-corrected chi connectivity index (χ1v) is 4.18. The van der Waals surface area contributed by atoms with E-state index in [4.69, 9.17) is 5.73 Å². The molecule has 0 atom stereocenters. The van der Waals surface area contributed by atoms with Gasteiger partial charge in [0.2, 0.25) is 0 Å². The second kappa shape index (κ2) is 3.79. The summed E-state index contributed by atoms with van der Waals surface area (Å²) in [4.78, 5) is 23.0. The lowest BCUT2D eigenvalue weighted by molar-refractivity contribution is 0.143. The molecule has 6 nitrogen and oxygen atoms in total. The van der Waals surface area contributed by atoms with Crippen LogP contribution in [0.5, 0.6) is 0 Å². The molecule has 0 unspecified atom stereocenters. The summed E-state index contributed by atoms with van der Waals surface area (Å²) >= 11 is 0. The molecule has 0 saturated carbocycles. The number of hydrogen-bond acceptors (Lipinski definition) is 4. The largest absolute Gasteiger partial charge is 0.429 e. The molecule has 0 radical (unpaired) electrons. The van der Waals surface area contributed by atoms with Gasteiger partial charge in [0, 0.05) is 18.0 Å². The maximum Gasteiger partial charge on any atom is 0.429 e. The molecule has 2 rings (SSSR count). The number of imidazole rings is 1. The van der Waals surface area contributed by atoms with Gasteiger partial charge in [-0.05, 0) is 12.1 Å². The maximum absolute atomic E-state index is 10.5. The molecule has 0 bridgehead atoms. The summed E-state index contributed by atoms with van der Waals surface area (Å²) in [5.74, 6) is 0. The number of pyridine rings is 1. The number of carbonyl (C=O) groups excluding carboxylic acids is 1. The van der Waals surface area contributed by atoms with Crippen LogP contribution in [0, 0.1) is 0 Å². The molecule has 2 N–H and O–H groups in total. The fraction of sp³-hybridized carbons (Fsp3) is 0. The number of nitrogens with zero attached hydrogens (tertiary/aromatic N) is 3. The number of amides is 1. The third-order valence-electron chi connectivity index (χ3n) is 1.71. The second-order valence-electron chi connectivity index (χ2n) is 2.77. The van der Waals surface area contributed by atoms with Crippen molar-refractivity contribution in [3.63, 3.8) is 0 Å². The van der Waals surface area contributed by atoms with Gasteiger partial charge in [-0.2, -0.15) is 4.73 Å². The van der Waals surface area contributed by atoms with Crippen molar-refractivity contribution in [2.75, 3.05) is 0 Å². The molecular formula is C9H8N4O2. The van der Waals surface area contributed by atoms with Gasteiger partial charge in [0.05, 0.1) is 11.9 Å². The topological polar surface area (TPSA) is 83.0 Å². The third kappa shape index (κ3) is 2.11. The standard InChI is InChI=1S/C9H8N4O2/c10-9(14)15-13-5-8(12-6-13)7-2-1-3-11-4-7/h1-6H,(H2,10,14). The summed E-state index contributed by atoms with van der Waals surface area (Å²) in [6.45, 7) is 0. The quantitative estimate of drug-likeness (QED) is 0.769. The summed E-state index contributed by atoms with van der Waals surface area (Å²) in [7, 11) is 0. The first kappa shape index (κ1) is 9.20. The Bertz CT molecular complexity index is 466. The number of nitrogens with two attached hydrogens (primary N) is 1. The van der Waals surface area contributed by atoms with Crippen LogP contribution >= 0.6 is 0 Å². The lowest BCUT2D eigenvalue weighted by atomic mass is 10.2. The Hall–Kier alpha value is -2.37. The van der Waals surface area contributed by atoms with Crippen LogP contribution in [0.1, 0.15) is 0 Å². The number of carbonyl (C=O) groups is 1. The molecule has 1 amide bonds. The lowest BCUT2D eigenvalue weighted by Crippen LogP contribution is -2.24. The Morgan fingerprint density at radius 2 is 2.40 bits per heavy atom. The van der Waals surface area contributed by atoms with E-state index in [-0.39, 0.29) is 0 Å². The maximum atomic E-state index is 10.5. The van der Waals surface area contributed by atoms with Crippen molar-refractivity contribution in [3.8, 4) is 11.3 Å². The van der Waals surface area contributed by atoms with Crippen molar-refractivity contribution in [2.45, 2.75) is 0 Å². The van der Waals surface area contributed by atoms with Crippen molar-refractivity contribution in [1.29, 1.82) is 0 Å². The number of aromatic nitrogens is 3. The third-order valence-corrected chi connectivity index (χ3v) is 1.71. The zero-order chi connectivity index (χ0) is 10.7. The summed E-state index contributed by atoms with van der Waals surface area (Å²) in [6.07, 6.45) is 5.34. The van der Waals surface area contributed by atoms with E-state index < -0.39 is 6.09 Å². The highest BCUT2D eigenvalue weighted by molar-refractivity contribution is 5.65. The predicted molar refractivity (Wildman–Crippen MR) is 51.6 cm³/mol. The summed E-state index contributed by atoms with van der Waals surface area (Å²) in [5, 5.41) is 0. The minimum absolute atomic E-state index is 0.657. The van der Waals surface area contributed by atoms with Gasteiger partial charge >= 0.3 is 6.09 Å². The average molecular weight is 204 g/mol. The molecule has 2 heterocycles. The highest BCUT2D eigenvalue weighted by Gasteiger charge is 2.03. The van der Waals surface area contributed by atoms with E-state index in [9.17, 15) is 4.79 Å². The van der Waals surface area contributed by atoms with Crippen LogP contribution in [0.25, 0.3) is 11.3 Å². The van der Waals surface area contributed by atoms with Gasteiger partial charge in [0.25, 0.3) is 0 Å². The molecule has 0 aliphatic rings. The monoisotopic (exact) mass is 204 g/mol. The van der Waals surface area contributed by atoms with Crippen molar-refractivity contribution in [2.24, 2.45) is 5.73 Å². The molecule has 2 aromatic heterocycles. The van der Waals surface area contributed by atoms with Gasteiger partial charge in [-0.15, -0.1) is 0 Å². The molecule has 6 heteroatoms. The van der Waals surface area contributed by atoms with Crippen molar-refractivity contribution >= 4 is 6.09 Å². The van der Waals surface area contributed by atoms with Crippen LogP contribution in [-0.2, 0) is 0 Å². The Morgan fingerprint density at radius 1 is 1.53 bits per heavy atom. The molecule has 0 aliphatic carbocycles. The van der Waals surface area contributed by atoms with Crippen molar-refractivity contribution in [3.05, 3.63) is 37.1 Å². The fourth-order valence-corrected chi connectivity index (χ4v) is 1.12. The zero-order valence-electron chi connectivity index (χ0n) is 7.70. The van der Waals surface area contributed by atoms with Gasteiger partial charge in [-0.1, -0.05) is 0 Å². The van der Waals surface area contributed by atoms with Crippen LogP contribution in [-0.4, -0.2) is 20.8 Å². The minimum Gasteiger partial charge on any atom is -0.333 e. The molecule has 0 spiro atoms.